The summed E-state index contributed by atoms with van der Waals surface area (Å²) in [6.07, 6.45) is 3.14. The van der Waals surface area contributed by atoms with E-state index < -0.39 is 0 Å². The van der Waals surface area contributed by atoms with Crippen molar-refractivity contribution in [1.29, 1.82) is 0 Å². The van der Waals surface area contributed by atoms with E-state index in [9.17, 15) is 5.11 Å². The van der Waals surface area contributed by atoms with Crippen LogP contribution in [0.2, 0.25) is 0 Å². The SMILES string of the molecule is CCc1cc(C)cc(C2(CO)CC2)n1. The molecule has 1 aliphatic rings. The van der Waals surface area contributed by atoms with Crippen LogP contribution in [0.25, 0.3) is 0 Å². The van der Waals surface area contributed by atoms with Crippen LogP contribution in [0.3, 0.4) is 0 Å². The molecule has 0 unspecified atom stereocenters. The van der Waals surface area contributed by atoms with Gasteiger partial charge in [0.1, 0.15) is 0 Å². The zero-order chi connectivity index (χ0) is 10.2. The fourth-order valence-corrected chi connectivity index (χ4v) is 1.84. The fraction of sp³-hybridized carbons (Fsp3) is 0.583. The Bertz CT molecular complexity index is 342. The Morgan fingerprint density at radius 2 is 2.14 bits per heavy atom. The number of hydrogen-bond donors (Lipinski definition) is 1. The van der Waals surface area contributed by atoms with Gasteiger partial charge in [0.05, 0.1) is 6.61 Å². The summed E-state index contributed by atoms with van der Waals surface area (Å²) in [6.45, 7) is 4.45. The first kappa shape index (κ1) is 9.66. The van der Waals surface area contributed by atoms with Gasteiger partial charge in [0, 0.05) is 16.8 Å². The zero-order valence-electron chi connectivity index (χ0n) is 8.88. The minimum absolute atomic E-state index is 0.00986. The van der Waals surface area contributed by atoms with Crippen LogP contribution in [0.5, 0.6) is 0 Å². The van der Waals surface area contributed by atoms with Crippen LogP contribution in [0.1, 0.15) is 36.7 Å². The van der Waals surface area contributed by atoms with E-state index in [1.165, 1.54) is 5.56 Å². The van der Waals surface area contributed by atoms with Gasteiger partial charge >= 0.3 is 0 Å². The van der Waals surface area contributed by atoms with Crippen molar-refractivity contribution < 1.29 is 5.11 Å². The number of rotatable bonds is 3. The van der Waals surface area contributed by atoms with Crippen molar-refractivity contribution in [2.45, 2.75) is 38.5 Å². The summed E-state index contributed by atoms with van der Waals surface area (Å²) in [5.74, 6) is 0. The third-order valence-corrected chi connectivity index (χ3v) is 3.08. The van der Waals surface area contributed by atoms with Gasteiger partial charge in [-0.15, -0.1) is 0 Å². The first-order chi connectivity index (χ1) is 6.70. The molecule has 0 spiro atoms. The second-order valence-corrected chi connectivity index (χ2v) is 4.31. The summed E-state index contributed by atoms with van der Waals surface area (Å²) in [4.78, 5) is 4.60. The normalized spacial score (nSPS) is 18.2. The van der Waals surface area contributed by atoms with Crippen LogP contribution in [0, 0.1) is 6.92 Å². The number of aryl methyl sites for hydroxylation is 2. The minimum Gasteiger partial charge on any atom is -0.395 e. The van der Waals surface area contributed by atoms with E-state index in [4.69, 9.17) is 0 Å². The molecule has 0 radical (unpaired) electrons. The van der Waals surface area contributed by atoms with Crippen molar-refractivity contribution in [3.8, 4) is 0 Å². The lowest BCUT2D eigenvalue weighted by molar-refractivity contribution is 0.252. The van der Waals surface area contributed by atoms with E-state index in [1.54, 1.807) is 0 Å². The van der Waals surface area contributed by atoms with Gasteiger partial charge in [-0.2, -0.15) is 0 Å². The molecule has 0 saturated heterocycles. The monoisotopic (exact) mass is 191 g/mol. The van der Waals surface area contributed by atoms with Crippen LogP contribution in [0.15, 0.2) is 12.1 Å². The summed E-state index contributed by atoms with van der Waals surface area (Å²) in [6, 6.07) is 4.24. The smallest absolute Gasteiger partial charge is 0.0543 e. The third-order valence-electron chi connectivity index (χ3n) is 3.08. The molecule has 0 bridgehead atoms. The van der Waals surface area contributed by atoms with Gasteiger partial charge in [0.25, 0.3) is 0 Å². The molecule has 1 heterocycles. The largest absolute Gasteiger partial charge is 0.395 e. The summed E-state index contributed by atoms with van der Waals surface area (Å²) in [5, 5.41) is 9.32. The van der Waals surface area contributed by atoms with E-state index >= 15 is 0 Å². The molecule has 1 N–H and O–H groups in total. The third kappa shape index (κ3) is 1.55. The van der Waals surface area contributed by atoms with Gasteiger partial charge in [-0.05, 0) is 43.9 Å². The molecule has 2 heteroatoms. The number of hydrogen-bond acceptors (Lipinski definition) is 2. The minimum atomic E-state index is 0.00986. The number of pyridine rings is 1. The van der Waals surface area contributed by atoms with Crippen molar-refractivity contribution in [1.82, 2.24) is 4.98 Å². The van der Waals surface area contributed by atoms with E-state index in [0.717, 1.165) is 30.7 Å². The lowest BCUT2D eigenvalue weighted by atomic mass is 10.0. The van der Waals surface area contributed by atoms with Crippen molar-refractivity contribution in [2.24, 2.45) is 0 Å². The molecule has 0 aliphatic heterocycles. The Morgan fingerprint density at radius 1 is 1.43 bits per heavy atom. The van der Waals surface area contributed by atoms with Gasteiger partial charge < -0.3 is 5.11 Å². The second kappa shape index (κ2) is 3.35. The van der Waals surface area contributed by atoms with E-state index in [2.05, 4.69) is 31.0 Å². The highest BCUT2D eigenvalue weighted by atomic mass is 16.3. The molecule has 2 nitrogen and oxygen atoms in total. The quantitative estimate of drug-likeness (QED) is 0.792. The van der Waals surface area contributed by atoms with Gasteiger partial charge in [0.15, 0.2) is 0 Å². The van der Waals surface area contributed by atoms with Gasteiger partial charge in [0.2, 0.25) is 0 Å². The van der Waals surface area contributed by atoms with Crippen LogP contribution in [-0.4, -0.2) is 16.7 Å². The summed E-state index contributed by atoms with van der Waals surface area (Å²) >= 11 is 0. The molecular weight excluding hydrogens is 174 g/mol. The molecule has 1 saturated carbocycles. The Balaban J connectivity index is 2.38. The van der Waals surface area contributed by atoms with Crippen molar-refractivity contribution in [3.63, 3.8) is 0 Å². The molecule has 14 heavy (non-hydrogen) atoms. The topological polar surface area (TPSA) is 33.1 Å². The van der Waals surface area contributed by atoms with Crippen molar-refractivity contribution >= 4 is 0 Å². The van der Waals surface area contributed by atoms with Gasteiger partial charge in [-0.25, -0.2) is 0 Å². The second-order valence-electron chi connectivity index (χ2n) is 4.31. The number of aliphatic hydroxyl groups is 1. The molecule has 1 fully saturated rings. The van der Waals surface area contributed by atoms with Crippen LogP contribution < -0.4 is 0 Å². The van der Waals surface area contributed by atoms with Crippen LogP contribution in [-0.2, 0) is 11.8 Å². The molecule has 1 aromatic heterocycles. The highest BCUT2D eigenvalue weighted by molar-refractivity contribution is 5.30. The van der Waals surface area contributed by atoms with E-state index in [-0.39, 0.29) is 12.0 Å². The highest BCUT2D eigenvalue weighted by Crippen LogP contribution is 2.46. The molecule has 0 aromatic carbocycles. The zero-order valence-corrected chi connectivity index (χ0v) is 8.88. The Hall–Kier alpha value is -0.890. The van der Waals surface area contributed by atoms with Crippen molar-refractivity contribution in [3.05, 3.63) is 29.1 Å². The van der Waals surface area contributed by atoms with Crippen molar-refractivity contribution in [2.75, 3.05) is 6.61 Å². The maximum Gasteiger partial charge on any atom is 0.0543 e. The van der Waals surface area contributed by atoms with E-state index in [0.29, 0.717) is 0 Å². The molecule has 0 atom stereocenters. The lowest BCUT2D eigenvalue weighted by Gasteiger charge is -2.13. The summed E-state index contributed by atoms with van der Waals surface area (Å²) in [7, 11) is 0. The summed E-state index contributed by atoms with van der Waals surface area (Å²) in [5.41, 5.74) is 3.50. The van der Waals surface area contributed by atoms with Gasteiger partial charge in [-0.3, -0.25) is 4.98 Å². The van der Waals surface area contributed by atoms with E-state index in [1.807, 2.05) is 0 Å². The average molecular weight is 191 g/mol. The Morgan fingerprint density at radius 3 is 2.64 bits per heavy atom. The molecule has 2 rings (SSSR count). The number of nitrogens with zero attached hydrogens (tertiary/aromatic N) is 1. The Labute approximate surface area is 85.0 Å². The number of aliphatic hydroxyl groups excluding tert-OH is 1. The standard InChI is InChI=1S/C12H17NO/c1-3-10-6-9(2)7-11(13-10)12(8-14)4-5-12/h6-7,14H,3-5,8H2,1-2H3. The molecule has 76 valence electrons. The maximum atomic E-state index is 9.32. The predicted molar refractivity (Wildman–Crippen MR) is 56.3 cm³/mol. The maximum absolute atomic E-state index is 9.32. The fourth-order valence-electron chi connectivity index (χ4n) is 1.84. The molecule has 0 amide bonds. The van der Waals surface area contributed by atoms with Gasteiger partial charge in [-0.1, -0.05) is 6.92 Å². The lowest BCUT2D eigenvalue weighted by Crippen LogP contribution is -2.15. The average Bonchev–Trinajstić information content (AvgIpc) is 2.97. The Kier molecular flexibility index (Phi) is 2.31. The molecular formula is C12H17NO. The predicted octanol–water partition coefficient (Wildman–Crippen LogP) is 1.98. The summed E-state index contributed by atoms with van der Waals surface area (Å²) < 4.78 is 0. The van der Waals surface area contributed by atoms with Crippen LogP contribution >= 0.6 is 0 Å². The molecule has 1 aliphatic carbocycles. The first-order valence-electron chi connectivity index (χ1n) is 5.29. The van der Waals surface area contributed by atoms with Crippen LogP contribution in [0.4, 0.5) is 0 Å². The first-order valence-corrected chi connectivity index (χ1v) is 5.29. The molecule has 1 aromatic rings. The highest BCUT2D eigenvalue weighted by Gasteiger charge is 2.45. The number of aromatic nitrogens is 1.